The van der Waals surface area contributed by atoms with E-state index in [0.29, 0.717) is 25.9 Å². The van der Waals surface area contributed by atoms with E-state index < -0.39 is 5.54 Å². The second-order valence-corrected chi connectivity index (χ2v) is 6.34. The second-order valence-electron chi connectivity index (χ2n) is 6.34. The predicted octanol–water partition coefficient (Wildman–Crippen LogP) is 2.71. The molecule has 1 amide bonds. The summed E-state index contributed by atoms with van der Waals surface area (Å²) in [6, 6.07) is 8.33. The number of carbonyl (C=O) groups is 2. The average molecular weight is 301 g/mol. The first kappa shape index (κ1) is 15.1. The number of hydrogen-bond acceptors (Lipinski definition) is 3. The lowest BCUT2D eigenvalue weighted by Crippen LogP contribution is -2.59. The van der Waals surface area contributed by atoms with Gasteiger partial charge in [0, 0.05) is 6.42 Å². The van der Waals surface area contributed by atoms with Crippen molar-refractivity contribution in [3.05, 3.63) is 35.4 Å². The molecule has 3 rings (SSSR count). The van der Waals surface area contributed by atoms with Crippen molar-refractivity contribution in [2.24, 2.45) is 0 Å². The largest absolute Gasteiger partial charge is 0.464 e. The highest BCUT2D eigenvalue weighted by atomic mass is 16.5. The molecule has 4 nitrogen and oxygen atoms in total. The molecule has 0 unspecified atom stereocenters. The van der Waals surface area contributed by atoms with Crippen LogP contribution in [-0.2, 0) is 20.7 Å². The highest BCUT2D eigenvalue weighted by Crippen LogP contribution is 2.37. The number of esters is 1. The Balaban J connectivity index is 1.62. The Morgan fingerprint density at radius 2 is 2.09 bits per heavy atom. The molecule has 4 heteroatoms. The van der Waals surface area contributed by atoms with Gasteiger partial charge in [-0.05, 0) is 56.1 Å². The molecule has 0 aliphatic heterocycles. The molecular weight excluding hydrogens is 278 g/mol. The number of benzene rings is 1. The molecule has 1 N–H and O–H groups in total. The Bertz CT molecular complexity index is 577. The zero-order valence-electron chi connectivity index (χ0n) is 13.1. The van der Waals surface area contributed by atoms with E-state index in [1.165, 1.54) is 11.1 Å². The molecule has 1 saturated carbocycles. The van der Waals surface area contributed by atoms with Gasteiger partial charge < -0.3 is 10.1 Å². The number of nitrogens with one attached hydrogen (secondary N) is 1. The van der Waals surface area contributed by atoms with Crippen molar-refractivity contribution in [2.75, 3.05) is 6.61 Å². The lowest BCUT2D eigenvalue weighted by atomic mass is 9.76. The van der Waals surface area contributed by atoms with Gasteiger partial charge in [-0.2, -0.15) is 0 Å². The van der Waals surface area contributed by atoms with E-state index in [4.69, 9.17) is 4.74 Å². The zero-order valence-corrected chi connectivity index (χ0v) is 13.1. The summed E-state index contributed by atoms with van der Waals surface area (Å²) >= 11 is 0. The van der Waals surface area contributed by atoms with Crippen LogP contribution in [0, 0.1) is 0 Å². The van der Waals surface area contributed by atoms with Crippen LogP contribution in [0.15, 0.2) is 24.3 Å². The number of rotatable bonds is 5. The summed E-state index contributed by atoms with van der Waals surface area (Å²) in [6.07, 6.45) is 4.86. The topological polar surface area (TPSA) is 55.4 Å². The highest BCUT2D eigenvalue weighted by Gasteiger charge is 2.47. The van der Waals surface area contributed by atoms with E-state index in [1.54, 1.807) is 6.92 Å². The van der Waals surface area contributed by atoms with Gasteiger partial charge in [0.1, 0.15) is 5.54 Å². The molecule has 0 aromatic heterocycles. The Kier molecular flexibility index (Phi) is 4.19. The third-order valence-corrected chi connectivity index (χ3v) is 4.94. The molecule has 1 atom stereocenters. The average Bonchev–Trinajstić information content (AvgIpc) is 2.86. The maximum absolute atomic E-state index is 12.4. The van der Waals surface area contributed by atoms with Crippen LogP contribution in [0.5, 0.6) is 0 Å². The van der Waals surface area contributed by atoms with E-state index in [-0.39, 0.29) is 17.8 Å². The van der Waals surface area contributed by atoms with E-state index >= 15 is 0 Å². The van der Waals surface area contributed by atoms with E-state index in [0.717, 1.165) is 19.3 Å². The van der Waals surface area contributed by atoms with Crippen molar-refractivity contribution in [3.8, 4) is 0 Å². The molecule has 0 bridgehead atoms. The van der Waals surface area contributed by atoms with E-state index in [9.17, 15) is 9.59 Å². The van der Waals surface area contributed by atoms with E-state index in [2.05, 4.69) is 17.4 Å². The minimum absolute atomic E-state index is 0.0329. The molecule has 1 fully saturated rings. The first-order valence-electron chi connectivity index (χ1n) is 8.20. The van der Waals surface area contributed by atoms with Crippen molar-refractivity contribution in [1.29, 1.82) is 0 Å². The Morgan fingerprint density at radius 3 is 2.77 bits per heavy atom. The molecule has 1 aromatic rings. The van der Waals surface area contributed by atoms with Crippen molar-refractivity contribution in [3.63, 3.8) is 0 Å². The van der Waals surface area contributed by atoms with Crippen LogP contribution in [0.3, 0.4) is 0 Å². The molecule has 1 aromatic carbocycles. The van der Waals surface area contributed by atoms with Gasteiger partial charge in [-0.1, -0.05) is 24.3 Å². The molecule has 0 heterocycles. The summed E-state index contributed by atoms with van der Waals surface area (Å²) in [6.45, 7) is 2.15. The third-order valence-electron chi connectivity index (χ3n) is 4.94. The van der Waals surface area contributed by atoms with Crippen molar-refractivity contribution in [2.45, 2.75) is 56.9 Å². The third kappa shape index (κ3) is 2.74. The van der Waals surface area contributed by atoms with Crippen LogP contribution in [0.4, 0.5) is 0 Å². The van der Waals surface area contributed by atoms with Crippen LogP contribution in [-0.4, -0.2) is 24.0 Å². The molecular formula is C18H23NO3. The summed E-state index contributed by atoms with van der Waals surface area (Å²) in [5.41, 5.74) is 1.88. The molecule has 118 valence electrons. The first-order chi connectivity index (χ1) is 10.6. The second kappa shape index (κ2) is 6.11. The zero-order chi connectivity index (χ0) is 15.6. The summed E-state index contributed by atoms with van der Waals surface area (Å²) in [4.78, 5) is 24.5. The lowest BCUT2D eigenvalue weighted by molar-refractivity contribution is -0.157. The van der Waals surface area contributed by atoms with Gasteiger partial charge in [-0.25, -0.2) is 4.79 Å². The van der Waals surface area contributed by atoms with E-state index in [1.807, 2.05) is 12.1 Å². The van der Waals surface area contributed by atoms with Crippen molar-refractivity contribution >= 4 is 11.9 Å². The fraction of sp³-hybridized carbons (Fsp3) is 0.556. The standard InChI is InChI=1S/C18H23NO3/c1-2-22-17(21)18(10-5-11-18)19-16(20)12-14-9-8-13-6-3-4-7-15(13)14/h3-4,6-7,14H,2,5,8-12H2,1H3,(H,19,20)/t14-/m1/s1. The van der Waals surface area contributed by atoms with Gasteiger partial charge in [-0.15, -0.1) is 0 Å². The van der Waals surface area contributed by atoms with Gasteiger partial charge in [0.15, 0.2) is 0 Å². The fourth-order valence-electron chi connectivity index (χ4n) is 3.58. The maximum atomic E-state index is 12.4. The van der Waals surface area contributed by atoms with Gasteiger partial charge in [-0.3, -0.25) is 4.79 Å². The number of fused-ring (bicyclic) bond motifs is 1. The van der Waals surface area contributed by atoms with Crippen LogP contribution in [0.2, 0.25) is 0 Å². The van der Waals surface area contributed by atoms with Gasteiger partial charge in [0.2, 0.25) is 5.91 Å². The van der Waals surface area contributed by atoms with Crippen LogP contribution < -0.4 is 5.32 Å². The molecule has 0 spiro atoms. The number of ether oxygens (including phenoxy) is 1. The highest BCUT2D eigenvalue weighted by molar-refractivity contribution is 5.89. The van der Waals surface area contributed by atoms with Crippen molar-refractivity contribution in [1.82, 2.24) is 5.32 Å². The summed E-state index contributed by atoms with van der Waals surface area (Å²) in [7, 11) is 0. The Labute approximate surface area is 131 Å². The molecule has 2 aliphatic carbocycles. The molecule has 2 aliphatic rings. The SMILES string of the molecule is CCOC(=O)C1(NC(=O)C[C@H]2CCc3ccccc32)CCC1. The fourth-order valence-corrected chi connectivity index (χ4v) is 3.58. The smallest absolute Gasteiger partial charge is 0.331 e. The number of amides is 1. The monoisotopic (exact) mass is 301 g/mol. The molecule has 0 saturated heterocycles. The Morgan fingerprint density at radius 1 is 1.32 bits per heavy atom. The Hall–Kier alpha value is -1.84. The number of carbonyl (C=O) groups excluding carboxylic acids is 2. The van der Waals surface area contributed by atoms with Crippen LogP contribution >= 0.6 is 0 Å². The van der Waals surface area contributed by atoms with Gasteiger partial charge >= 0.3 is 5.97 Å². The summed E-state index contributed by atoms with van der Waals surface area (Å²) in [5, 5.41) is 2.96. The maximum Gasteiger partial charge on any atom is 0.331 e. The van der Waals surface area contributed by atoms with Crippen LogP contribution in [0.1, 0.15) is 56.1 Å². The predicted molar refractivity (Wildman–Crippen MR) is 83.5 cm³/mol. The van der Waals surface area contributed by atoms with Gasteiger partial charge in [0.05, 0.1) is 6.61 Å². The quantitative estimate of drug-likeness (QED) is 0.851. The lowest BCUT2D eigenvalue weighted by Gasteiger charge is -2.39. The van der Waals surface area contributed by atoms with Crippen molar-refractivity contribution < 1.29 is 14.3 Å². The summed E-state index contributed by atoms with van der Waals surface area (Å²) < 4.78 is 5.12. The number of aryl methyl sites for hydroxylation is 1. The van der Waals surface area contributed by atoms with Crippen LogP contribution in [0.25, 0.3) is 0 Å². The summed E-state index contributed by atoms with van der Waals surface area (Å²) in [5.74, 6) is -0.0357. The molecule has 22 heavy (non-hydrogen) atoms. The normalized spacial score (nSPS) is 21.6. The number of hydrogen-bond donors (Lipinski definition) is 1. The minimum atomic E-state index is -0.759. The molecule has 0 radical (unpaired) electrons. The van der Waals surface area contributed by atoms with Gasteiger partial charge in [0.25, 0.3) is 0 Å². The minimum Gasteiger partial charge on any atom is -0.464 e. The first-order valence-corrected chi connectivity index (χ1v) is 8.20.